The van der Waals surface area contributed by atoms with Crippen LogP contribution in [0.15, 0.2) is 63.6 Å². The molecule has 0 saturated carbocycles. The minimum absolute atomic E-state index is 0.317. The molecule has 1 unspecified atom stereocenters. The Labute approximate surface area is 177 Å². The fourth-order valence-corrected chi connectivity index (χ4v) is 3.98. The van der Waals surface area contributed by atoms with Crippen molar-refractivity contribution >= 4 is 28.9 Å². The smallest absolute Gasteiger partial charge is 0.338 e. The van der Waals surface area contributed by atoms with Gasteiger partial charge in [-0.05, 0) is 48.2 Å². The Balaban J connectivity index is 1.48. The lowest BCUT2D eigenvalue weighted by atomic mass is 10.1. The highest BCUT2D eigenvalue weighted by Crippen LogP contribution is 2.34. The number of furan rings is 1. The van der Waals surface area contributed by atoms with Crippen LogP contribution in [0.1, 0.15) is 39.0 Å². The quantitative estimate of drug-likeness (QED) is 0.554. The van der Waals surface area contributed by atoms with Gasteiger partial charge in [0.15, 0.2) is 6.61 Å². The van der Waals surface area contributed by atoms with Crippen molar-refractivity contribution in [1.29, 1.82) is 0 Å². The molecule has 0 aliphatic carbocycles. The van der Waals surface area contributed by atoms with E-state index in [4.69, 9.17) is 13.9 Å². The summed E-state index contributed by atoms with van der Waals surface area (Å²) in [5, 5.41) is 7.80. The van der Waals surface area contributed by atoms with Crippen molar-refractivity contribution in [3.8, 4) is 5.75 Å². The average molecular weight is 424 g/mol. The number of hydrogen-bond acceptors (Lipinski definition) is 7. The van der Waals surface area contributed by atoms with Gasteiger partial charge in [0.25, 0.3) is 5.91 Å². The highest BCUT2D eigenvalue weighted by atomic mass is 32.1. The molecule has 4 rings (SSSR count). The number of carbonyl (C=O) groups excluding carboxylic acids is 2. The summed E-state index contributed by atoms with van der Waals surface area (Å²) in [6.07, 6.45) is 2.09. The highest BCUT2D eigenvalue weighted by Gasteiger charge is 2.35. The topological polar surface area (TPSA) is 81.3 Å². The molecule has 0 radical (unpaired) electrons. The summed E-state index contributed by atoms with van der Waals surface area (Å²) in [6.45, 7) is 1.45. The van der Waals surface area contributed by atoms with Crippen LogP contribution in [0.5, 0.6) is 5.75 Å². The van der Waals surface area contributed by atoms with Crippen LogP contribution in [0.25, 0.3) is 0 Å². The van der Waals surface area contributed by atoms with Gasteiger partial charge in [0.2, 0.25) is 0 Å². The van der Waals surface area contributed by atoms with Gasteiger partial charge in [-0.2, -0.15) is 5.10 Å². The molecule has 3 heterocycles. The number of carbonyl (C=O) groups is 2. The molecule has 1 aliphatic rings. The molecule has 0 spiro atoms. The number of esters is 1. The van der Waals surface area contributed by atoms with E-state index >= 15 is 0 Å². The molecule has 154 valence electrons. The number of nitrogens with zero attached hydrogens (tertiary/aromatic N) is 2. The molecular weight excluding hydrogens is 404 g/mol. The number of benzene rings is 1. The van der Waals surface area contributed by atoms with Gasteiger partial charge in [0.05, 0.1) is 29.5 Å². The van der Waals surface area contributed by atoms with Gasteiger partial charge in [-0.1, -0.05) is 12.1 Å². The molecule has 0 saturated heterocycles. The maximum absolute atomic E-state index is 12.9. The number of aryl methyl sites for hydroxylation is 1. The monoisotopic (exact) mass is 424 g/mol. The van der Waals surface area contributed by atoms with Crippen molar-refractivity contribution < 1.29 is 23.5 Å². The van der Waals surface area contributed by atoms with E-state index in [1.165, 1.54) is 12.1 Å². The lowest BCUT2D eigenvalue weighted by Gasteiger charge is -2.19. The van der Waals surface area contributed by atoms with Crippen molar-refractivity contribution in [3.05, 3.63) is 75.9 Å². The van der Waals surface area contributed by atoms with E-state index in [1.54, 1.807) is 41.9 Å². The summed E-state index contributed by atoms with van der Waals surface area (Å²) in [5.41, 5.74) is 2.02. The highest BCUT2D eigenvalue weighted by molar-refractivity contribution is 7.12. The lowest BCUT2D eigenvalue weighted by Crippen LogP contribution is -2.31. The van der Waals surface area contributed by atoms with Gasteiger partial charge in [-0.3, -0.25) is 4.79 Å². The second kappa shape index (κ2) is 8.54. The Morgan fingerprint density at radius 3 is 2.83 bits per heavy atom. The minimum atomic E-state index is -0.599. The second-order valence-electron chi connectivity index (χ2n) is 6.76. The van der Waals surface area contributed by atoms with E-state index in [9.17, 15) is 9.59 Å². The van der Waals surface area contributed by atoms with E-state index in [0.29, 0.717) is 23.5 Å². The van der Waals surface area contributed by atoms with Crippen LogP contribution >= 0.6 is 11.3 Å². The number of amides is 1. The Hall–Kier alpha value is -3.39. The normalized spacial score (nSPS) is 15.7. The number of thiophene rings is 1. The van der Waals surface area contributed by atoms with Gasteiger partial charge in [0.1, 0.15) is 17.6 Å². The fourth-order valence-electron chi connectivity index (χ4n) is 3.26. The van der Waals surface area contributed by atoms with Gasteiger partial charge >= 0.3 is 5.97 Å². The predicted molar refractivity (Wildman–Crippen MR) is 112 cm³/mol. The maximum atomic E-state index is 12.9. The summed E-state index contributed by atoms with van der Waals surface area (Å²) >= 11 is 1.56. The third-order valence-corrected chi connectivity index (χ3v) is 5.73. The van der Waals surface area contributed by atoms with E-state index in [2.05, 4.69) is 5.10 Å². The molecule has 1 amide bonds. The summed E-state index contributed by atoms with van der Waals surface area (Å²) in [4.78, 5) is 26.3. The first-order valence-electron chi connectivity index (χ1n) is 9.35. The molecule has 3 aromatic rings. The lowest BCUT2D eigenvalue weighted by molar-refractivity contribution is -0.136. The first-order chi connectivity index (χ1) is 14.6. The molecule has 0 N–H and O–H groups in total. The number of hydrazone groups is 1. The van der Waals surface area contributed by atoms with Gasteiger partial charge in [0, 0.05) is 6.42 Å². The van der Waals surface area contributed by atoms with Crippen LogP contribution in [0, 0.1) is 6.92 Å². The first-order valence-corrected chi connectivity index (χ1v) is 10.2. The van der Waals surface area contributed by atoms with E-state index < -0.39 is 18.5 Å². The Kier molecular flexibility index (Phi) is 5.67. The van der Waals surface area contributed by atoms with Crippen LogP contribution in [0.4, 0.5) is 0 Å². The van der Waals surface area contributed by atoms with E-state index in [1.807, 2.05) is 30.5 Å². The molecule has 0 bridgehead atoms. The summed E-state index contributed by atoms with van der Waals surface area (Å²) in [5.74, 6) is 0.194. The van der Waals surface area contributed by atoms with Crippen molar-refractivity contribution in [2.24, 2.45) is 5.10 Å². The molecule has 8 heteroatoms. The van der Waals surface area contributed by atoms with Gasteiger partial charge in [-0.25, -0.2) is 9.80 Å². The van der Waals surface area contributed by atoms with Crippen LogP contribution in [0.3, 0.4) is 0 Å². The molecular formula is C22H20N2O5S. The Morgan fingerprint density at radius 2 is 2.13 bits per heavy atom. The fraction of sp³-hybridized carbons (Fsp3) is 0.227. The van der Waals surface area contributed by atoms with E-state index in [-0.39, 0.29) is 6.04 Å². The number of rotatable bonds is 6. The average Bonchev–Trinajstić information content (AvgIpc) is 3.52. The molecule has 1 aromatic carbocycles. The Bertz CT molecular complexity index is 1070. The van der Waals surface area contributed by atoms with E-state index in [0.717, 1.165) is 16.2 Å². The zero-order chi connectivity index (χ0) is 21.1. The molecule has 2 aromatic heterocycles. The predicted octanol–water partition coefficient (Wildman–Crippen LogP) is 4.19. The second-order valence-corrected chi connectivity index (χ2v) is 7.71. The van der Waals surface area contributed by atoms with Crippen molar-refractivity contribution in [2.75, 3.05) is 13.7 Å². The molecule has 1 aliphatic heterocycles. The Morgan fingerprint density at radius 1 is 1.27 bits per heavy atom. The van der Waals surface area contributed by atoms with Crippen LogP contribution in [-0.2, 0) is 9.53 Å². The van der Waals surface area contributed by atoms with Crippen LogP contribution in [0.2, 0.25) is 0 Å². The summed E-state index contributed by atoms with van der Waals surface area (Å²) < 4.78 is 16.0. The van der Waals surface area contributed by atoms with Gasteiger partial charge in [-0.15, -0.1) is 11.3 Å². The van der Waals surface area contributed by atoms with Crippen molar-refractivity contribution in [2.45, 2.75) is 19.4 Å². The number of ether oxygens (including phenoxy) is 2. The van der Waals surface area contributed by atoms with Gasteiger partial charge < -0.3 is 13.9 Å². The van der Waals surface area contributed by atoms with Crippen LogP contribution in [-0.4, -0.2) is 36.3 Å². The zero-order valence-corrected chi connectivity index (χ0v) is 17.3. The zero-order valence-electron chi connectivity index (χ0n) is 16.5. The molecule has 0 fully saturated rings. The minimum Gasteiger partial charge on any atom is -0.496 e. The standard InChI is InChI=1S/C22H20N2O5S/c1-14-7-8-15(11-19(14)27-2)22(26)29-13-21(25)24-17(18-5-3-9-28-18)12-16(23-24)20-6-4-10-30-20/h3-11,17H,12-13H2,1-2H3. The van der Waals surface area contributed by atoms with Crippen molar-refractivity contribution in [3.63, 3.8) is 0 Å². The molecule has 1 atom stereocenters. The first kappa shape index (κ1) is 19.9. The maximum Gasteiger partial charge on any atom is 0.338 e. The third-order valence-electron chi connectivity index (χ3n) is 4.81. The summed E-state index contributed by atoms with van der Waals surface area (Å²) in [7, 11) is 1.53. The molecule has 30 heavy (non-hydrogen) atoms. The largest absolute Gasteiger partial charge is 0.496 e. The number of hydrogen-bond donors (Lipinski definition) is 0. The van der Waals surface area contributed by atoms with Crippen molar-refractivity contribution in [1.82, 2.24) is 5.01 Å². The SMILES string of the molecule is COc1cc(C(=O)OCC(=O)N2N=C(c3cccs3)CC2c2ccco2)ccc1C. The number of methoxy groups -OCH3 is 1. The third kappa shape index (κ3) is 3.99. The van der Waals surface area contributed by atoms with Crippen LogP contribution < -0.4 is 4.74 Å². The molecule has 7 nitrogen and oxygen atoms in total. The summed E-state index contributed by atoms with van der Waals surface area (Å²) in [6, 6.07) is 12.1.